The van der Waals surface area contributed by atoms with E-state index in [2.05, 4.69) is 27.6 Å². The summed E-state index contributed by atoms with van der Waals surface area (Å²) < 4.78 is 2.77. The van der Waals surface area contributed by atoms with Gasteiger partial charge in [0.1, 0.15) is 0 Å². The Balaban J connectivity index is 2.22. The van der Waals surface area contributed by atoms with Gasteiger partial charge in [-0.2, -0.15) is 4.99 Å². The molecule has 0 bridgehead atoms. The molecule has 4 nitrogen and oxygen atoms in total. The number of nitrogens with zero attached hydrogens (tertiary/aromatic N) is 2. The zero-order valence-corrected chi connectivity index (χ0v) is 13.1. The lowest BCUT2D eigenvalue weighted by Crippen LogP contribution is -2.20. The van der Waals surface area contributed by atoms with E-state index in [4.69, 9.17) is 0 Å². The molecular weight excluding hydrogens is 375 g/mol. The van der Waals surface area contributed by atoms with Gasteiger partial charge < -0.3 is 4.57 Å². The molecule has 0 radical (unpaired) electrons. The molecule has 19 heavy (non-hydrogen) atoms. The monoisotopic (exact) mass is 386 g/mol. The number of carbonyl (C=O) groups is 2. The standard InChI is InChI=1S/C13H11IN2O2S/c1-9(17)15-13-16(6-7-19-13)8-12(18)10-2-4-11(14)5-3-10/h2-7H,8H2,1H3. The highest BCUT2D eigenvalue weighted by Crippen LogP contribution is 2.08. The highest BCUT2D eigenvalue weighted by Gasteiger charge is 2.07. The number of carbonyl (C=O) groups excluding carboxylic acids is 2. The molecule has 0 unspecified atom stereocenters. The summed E-state index contributed by atoms with van der Waals surface area (Å²) in [7, 11) is 0. The van der Waals surface area contributed by atoms with E-state index in [1.807, 2.05) is 17.5 Å². The van der Waals surface area contributed by atoms with Crippen LogP contribution in [0.15, 0.2) is 40.8 Å². The molecule has 1 aromatic heterocycles. The molecule has 0 saturated carbocycles. The van der Waals surface area contributed by atoms with Crippen molar-refractivity contribution >= 4 is 45.6 Å². The van der Waals surface area contributed by atoms with Gasteiger partial charge in [-0.25, -0.2) is 0 Å². The van der Waals surface area contributed by atoms with Crippen LogP contribution in [0, 0.1) is 3.57 Å². The van der Waals surface area contributed by atoms with Gasteiger partial charge in [-0.15, -0.1) is 11.3 Å². The maximum atomic E-state index is 12.1. The lowest BCUT2D eigenvalue weighted by atomic mass is 10.1. The normalized spacial score (nSPS) is 11.6. The summed E-state index contributed by atoms with van der Waals surface area (Å²) in [5, 5.41) is 1.81. The predicted molar refractivity (Wildman–Crippen MR) is 82.0 cm³/mol. The van der Waals surface area contributed by atoms with Crippen molar-refractivity contribution in [1.29, 1.82) is 0 Å². The van der Waals surface area contributed by atoms with Gasteiger partial charge in [-0.05, 0) is 34.7 Å². The first-order valence-electron chi connectivity index (χ1n) is 5.54. The minimum absolute atomic E-state index is 0.000183. The first kappa shape index (κ1) is 14.1. The van der Waals surface area contributed by atoms with Crippen molar-refractivity contribution in [2.75, 3.05) is 0 Å². The molecule has 6 heteroatoms. The summed E-state index contributed by atoms with van der Waals surface area (Å²) in [5.41, 5.74) is 0.660. The number of thiazole rings is 1. The van der Waals surface area contributed by atoms with Crippen molar-refractivity contribution < 1.29 is 9.59 Å². The zero-order valence-electron chi connectivity index (χ0n) is 10.2. The second kappa shape index (κ2) is 6.25. The summed E-state index contributed by atoms with van der Waals surface area (Å²) in [5.74, 6) is -0.266. The minimum atomic E-state index is -0.266. The van der Waals surface area contributed by atoms with Crippen molar-refractivity contribution in [3.8, 4) is 0 Å². The van der Waals surface area contributed by atoms with E-state index < -0.39 is 0 Å². The molecule has 98 valence electrons. The number of ketones is 1. The van der Waals surface area contributed by atoms with Crippen LogP contribution in [0.4, 0.5) is 0 Å². The molecule has 0 N–H and O–H groups in total. The van der Waals surface area contributed by atoms with Gasteiger partial charge in [0.2, 0.25) is 5.91 Å². The van der Waals surface area contributed by atoms with E-state index in [1.54, 1.807) is 22.9 Å². The Kier molecular flexibility index (Phi) is 4.65. The number of halogens is 1. The van der Waals surface area contributed by atoms with Gasteiger partial charge in [-0.1, -0.05) is 12.1 Å². The van der Waals surface area contributed by atoms with E-state index in [9.17, 15) is 9.59 Å². The Bertz CT molecular complexity index is 670. The fraction of sp³-hybridized carbons (Fsp3) is 0.154. The highest BCUT2D eigenvalue weighted by molar-refractivity contribution is 14.1. The molecule has 1 heterocycles. The quantitative estimate of drug-likeness (QED) is 0.601. The molecular formula is C13H11IN2O2S. The molecule has 0 aliphatic rings. The maximum absolute atomic E-state index is 12.1. The second-order valence-corrected chi connectivity index (χ2v) is 5.99. The van der Waals surface area contributed by atoms with E-state index in [-0.39, 0.29) is 18.2 Å². The predicted octanol–water partition coefficient (Wildman–Crippen LogP) is 2.48. The fourth-order valence-electron chi connectivity index (χ4n) is 1.52. The summed E-state index contributed by atoms with van der Waals surface area (Å²) >= 11 is 3.53. The van der Waals surface area contributed by atoms with Crippen LogP contribution in [0.3, 0.4) is 0 Å². The Morgan fingerprint density at radius 2 is 2.00 bits per heavy atom. The van der Waals surface area contributed by atoms with E-state index in [0.29, 0.717) is 10.4 Å². The van der Waals surface area contributed by atoms with E-state index in [1.165, 1.54) is 18.3 Å². The number of amides is 1. The Hall–Kier alpha value is -1.28. The molecule has 0 fully saturated rings. The van der Waals surface area contributed by atoms with Crippen molar-refractivity contribution in [3.05, 3.63) is 49.8 Å². The van der Waals surface area contributed by atoms with Gasteiger partial charge in [0.15, 0.2) is 10.6 Å². The van der Waals surface area contributed by atoms with Crippen LogP contribution in [-0.4, -0.2) is 16.3 Å². The first-order valence-corrected chi connectivity index (χ1v) is 7.50. The smallest absolute Gasteiger partial charge is 0.245 e. The van der Waals surface area contributed by atoms with E-state index in [0.717, 1.165) is 3.57 Å². The average molecular weight is 386 g/mol. The lowest BCUT2D eigenvalue weighted by Gasteiger charge is -2.02. The second-order valence-electron chi connectivity index (χ2n) is 3.87. The molecule has 1 amide bonds. The molecule has 1 aromatic carbocycles. The number of Topliss-reactive ketones (excluding diaryl/α,β-unsaturated/α-hetero) is 1. The van der Waals surface area contributed by atoms with Crippen LogP contribution >= 0.6 is 33.9 Å². The summed E-state index contributed by atoms with van der Waals surface area (Å²) in [6, 6.07) is 7.40. The Morgan fingerprint density at radius 1 is 1.32 bits per heavy atom. The van der Waals surface area contributed by atoms with Crippen molar-refractivity contribution in [3.63, 3.8) is 0 Å². The van der Waals surface area contributed by atoms with Gasteiger partial charge in [0.05, 0.1) is 6.54 Å². The van der Waals surface area contributed by atoms with Crippen LogP contribution < -0.4 is 4.80 Å². The number of aromatic nitrogens is 1. The highest BCUT2D eigenvalue weighted by atomic mass is 127. The molecule has 0 spiro atoms. The van der Waals surface area contributed by atoms with Crippen molar-refractivity contribution in [1.82, 2.24) is 4.57 Å². The molecule has 2 aromatic rings. The van der Waals surface area contributed by atoms with Gasteiger partial charge in [0.25, 0.3) is 0 Å². The van der Waals surface area contributed by atoms with Crippen LogP contribution in [-0.2, 0) is 11.3 Å². The van der Waals surface area contributed by atoms with Crippen LogP contribution in [0.1, 0.15) is 17.3 Å². The largest absolute Gasteiger partial charge is 0.316 e. The maximum Gasteiger partial charge on any atom is 0.245 e. The SMILES string of the molecule is CC(=O)N=c1sccn1CC(=O)c1ccc(I)cc1. The number of hydrogen-bond acceptors (Lipinski definition) is 3. The number of benzene rings is 1. The summed E-state index contributed by atoms with van der Waals surface area (Å²) in [6.07, 6.45) is 1.76. The Labute approximate surface area is 127 Å². The number of rotatable bonds is 3. The zero-order chi connectivity index (χ0) is 13.8. The Morgan fingerprint density at radius 3 is 2.63 bits per heavy atom. The van der Waals surface area contributed by atoms with Crippen LogP contribution in [0.5, 0.6) is 0 Å². The molecule has 0 aliphatic carbocycles. The lowest BCUT2D eigenvalue weighted by molar-refractivity contribution is -0.116. The van der Waals surface area contributed by atoms with Gasteiger partial charge >= 0.3 is 0 Å². The first-order chi connectivity index (χ1) is 9.06. The van der Waals surface area contributed by atoms with Crippen LogP contribution in [0.2, 0.25) is 0 Å². The topological polar surface area (TPSA) is 51.4 Å². The summed E-state index contributed by atoms with van der Waals surface area (Å²) in [4.78, 5) is 27.5. The van der Waals surface area contributed by atoms with E-state index >= 15 is 0 Å². The molecule has 2 rings (SSSR count). The number of hydrogen-bond donors (Lipinski definition) is 0. The van der Waals surface area contributed by atoms with Crippen LogP contribution in [0.25, 0.3) is 0 Å². The fourth-order valence-corrected chi connectivity index (χ4v) is 2.65. The van der Waals surface area contributed by atoms with Gasteiger partial charge in [-0.3, -0.25) is 9.59 Å². The average Bonchev–Trinajstić information content (AvgIpc) is 2.76. The third kappa shape index (κ3) is 3.84. The van der Waals surface area contributed by atoms with Crippen molar-refractivity contribution in [2.45, 2.75) is 13.5 Å². The molecule has 0 saturated heterocycles. The molecule has 0 aliphatic heterocycles. The molecule has 0 atom stereocenters. The third-order valence-corrected chi connectivity index (χ3v) is 3.91. The van der Waals surface area contributed by atoms with Crippen molar-refractivity contribution in [2.24, 2.45) is 4.99 Å². The minimum Gasteiger partial charge on any atom is -0.316 e. The third-order valence-electron chi connectivity index (χ3n) is 2.39. The summed E-state index contributed by atoms with van der Waals surface area (Å²) in [6.45, 7) is 1.58. The van der Waals surface area contributed by atoms with Gasteiger partial charge in [0, 0.05) is 27.6 Å².